The maximum Gasteiger partial charge on any atom is 0.138 e. The van der Waals surface area contributed by atoms with E-state index >= 15 is 0 Å². The number of benzene rings is 1. The Hall–Kier alpha value is -1.61. The van der Waals surface area contributed by atoms with Crippen molar-refractivity contribution in [1.29, 1.82) is 0 Å². The van der Waals surface area contributed by atoms with Crippen LogP contribution < -0.4 is 10.1 Å². The number of pyridine rings is 1. The Labute approximate surface area is 126 Å². The van der Waals surface area contributed by atoms with Crippen LogP contribution in [0.2, 0.25) is 0 Å². The van der Waals surface area contributed by atoms with Crippen molar-refractivity contribution in [2.45, 2.75) is 45.3 Å². The topological polar surface area (TPSA) is 34.1 Å². The van der Waals surface area contributed by atoms with Crippen molar-refractivity contribution >= 4 is 10.9 Å². The third-order valence-electron chi connectivity index (χ3n) is 5.29. The molecule has 2 aromatic rings. The standard InChI is InChI=1S/C18H24N2O/c1-4-18(5-2)16(19-3)11-17(18)21-14-10-13-8-6-7-9-15(13)20-12-14/h6-10,12,16-17,19H,4-5,11H2,1-3H3. The number of nitrogens with one attached hydrogen (secondary N) is 1. The van der Waals surface area contributed by atoms with Gasteiger partial charge in [-0.05, 0) is 32.0 Å². The number of hydrogen-bond donors (Lipinski definition) is 1. The minimum atomic E-state index is 0.250. The molecule has 2 atom stereocenters. The van der Waals surface area contributed by atoms with Gasteiger partial charge in [-0.15, -0.1) is 0 Å². The van der Waals surface area contributed by atoms with Gasteiger partial charge in [-0.1, -0.05) is 32.0 Å². The highest BCUT2D eigenvalue weighted by atomic mass is 16.5. The predicted molar refractivity (Wildman–Crippen MR) is 86.6 cm³/mol. The summed E-state index contributed by atoms with van der Waals surface area (Å²) in [6, 6.07) is 10.8. The van der Waals surface area contributed by atoms with Crippen molar-refractivity contribution in [2.75, 3.05) is 7.05 Å². The molecule has 1 aliphatic carbocycles. The highest BCUT2D eigenvalue weighted by Crippen LogP contribution is 2.48. The molecule has 112 valence electrons. The van der Waals surface area contributed by atoms with Crippen LogP contribution in [0.4, 0.5) is 0 Å². The molecule has 0 bridgehead atoms. The molecule has 0 spiro atoms. The van der Waals surface area contributed by atoms with Crippen LogP contribution in [0.25, 0.3) is 10.9 Å². The second-order valence-electron chi connectivity index (χ2n) is 5.99. The Bertz CT molecular complexity index is 621. The second-order valence-corrected chi connectivity index (χ2v) is 5.99. The van der Waals surface area contributed by atoms with E-state index in [4.69, 9.17) is 4.74 Å². The van der Waals surface area contributed by atoms with Crippen LogP contribution in [-0.2, 0) is 0 Å². The highest BCUT2D eigenvalue weighted by Gasteiger charge is 2.53. The normalized spacial score (nSPS) is 23.8. The molecule has 3 nitrogen and oxygen atoms in total. The summed E-state index contributed by atoms with van der Waals surface area (Å²) < 4.78 is 6.29. The lowest BCUT2D eigenvalue weighted by Gasteiger charge is -2.55. The van der Waals surface area contributed by atoms with Gasteiger partial charge in [0.1, 0.15) is 11.9 Å². The van der Waals surface area contributed by atoms with Gasteiger partial charge in [0, 0.05) is 23.3 Å². The predicted octanol–water partition coefficient (Wildman–Crippen LogP) is 3.78. The Balaban J connectivity index is 1.82. The molecule has 1 saturated carbocycles. The fraction of sp³-hybridized carbons (Fsp3) is 0.500. The first-order chi connectivity index (χ1) is 10.2. The number of nitrogens with zero attached hydrogens (tertiary/aromatic N) is 1. The van der Waals surface area contributed by atoms with Crippen LogP contribution in [0.5, 0.6) is 5.75 Å². The SMILES string of the molecule is CCC1(CC)C(NC)CC1Oc1cnc2ccccc2c1. The number of aromatic nitrogens is 1. The minimum absolute atomic E-state index is 0.250. The van der Waals surface area contributed by atoms with Gasteiger partial charge < -0.3 is 10.1 Å². The van der Waals surface area contributed by atoms with Crippen molar-refractivity contribution < 1.29 is 4.74 Å². The van der Waals surface area contributed by atoms with Crippen LogP contribution in [0.3, 0.4) is 0 Å². The van der Waals surface area contributed by atoms with E-state index in [9.17, 15) is 0 Å². The Morgan fingerprint density at radius 1 is 1.29 bits per heavy atom. The summed E-state index contributed by atoms with van der Waals surface area (Å²) in [6.45, 7) is 4.53. The zero-order valence-electron chi connectivity index (χ0n) is 13.1. The number of fused-ring (bicyclic) bond motifs is 1. The van der Waals surface area contributed by atoms with E-state index in [1.54, 1.807) is 0 Å². The molecule has 1 aromatic carbocycles. The fourth-order valence-corrected chi connectivity index (χ4v) is 3.80. The molecule has 0 aliphatic heterocycles. The number of ether oxygens (including phenoxy) is 1. The average molecular weight is 284 g/mol. The zero-order valence-corrected chi connectivity index (χ0v) is 13.1. The average Bonchev–Trinajstić information content (AvgIpc) is 2.52. The van der Waals surface area contributed by atoms with Gasteiger partial charge in [-0.3, -0.25) is 4.98 Å². The third kappa shape index (κ3) is 2.30. The first kappa shape index (κ1) is 14.3. The maximum atomic E-state index is 6.29. The molecule has 21 heavy (non-hydrogen) atoms. The smallest absolute Gasteiger partial charge is 0.138 e. The van der Waals surface area contributed by atoms with Crippen LogP contribution in [0.15, 0.2) is 36.5 Å². The molecule has 1 fully saturated rings. The largest absolute Gasteiger partial charge is 0.488 e. The number of rotatable bonds is 5. The van der Waals surface area contributed by atoms with Crippen molar-refractivity contribution in [2.24, 2.45) is 5.41 Å². The van der Waals surface area contributed by atoms with Crippen molar-refractivity contribution in [3.05, 3.63) is 36.5 Å². The first-order valence-electron chi connectivity index (χ1n) is 7.92. The summed E-state index contributed by atoms with van der Waals surface area (Å²) in [5.74, 6) is 0.888. The molecule has 1 heterocycles. The number of para-hydroxylation sites is 1. The molecular formula is C18H24N2O. The minimum Gasteiger partial charge on any atom is -0.488 e. The molecule has 1 aliphatic rings. The van der Waals surface area contributed by atoms with Gasteiger partial charge >= 0.3 is 0 Å². The van der Waals surface area contributed by atoms with E-state index in [1.807, 2.05) is 24.4 Å². The van der Waals surface area contributed by atoms with Gasteiger partial charge in [0.15, 0.2) is 0 Å². The Morgan fingerprint density at radius 2 is 2.05 bits per heavy atom. The van der Waals surface area contributed by atoms with Crippen LogP contribution in [0.1, 0.15) is 33.1 Å². The van der Waals surface area contributed by atoms with Gasteiger partial charge in [0.05, 0.1) is 11.7 Å². The van der Waals surface area contributed by atoms with Crippen LogP contribution >= 0.6 is 0 Å². The third-order valence-corrected chi connectivity index (χ3v) is 5.29. The van der Waals surface area contributed by atoms with Gasteiger partial charge in [0.2, 0.25) is 0 Å². The molecule has 0 amide bonds. The molecule has 0 radical (unpaired) electrons. The van der Waals surface area contributed by atoms with E-state index < -0.39 is 0 Å². The lowest BCUT2D eigenvalue weighted by atomic mass is 9.58. The van der Waals surface area contributed by atoms with Gasteiger partial charge in [-0.2, -0.15) is 0 Å². The lowest BCUT2D eigenvalue weighted by molar-refractivity contribution is -0.0836. The molecule has 3 heteroatoms. The van der Waals surface area contributed by atoms with E-state index in [0.29, 0.717) is 6.04 Å². The summed E-state index contributed by atoms with van der Waals surface area (Å²) >= 11 is 0. The number of hydrogen-bond acceptors (Lipinski definition) is 3. The quantitative estimate of drug-likeness (QED) is 0.907. The van der Waals surface area contributed by atoms with Crippen molar-refractivity contribution in [3.63, 3.8) is 0 Å². The van der Waals surface area contributed by atoms with E-state index in [0.717, 1.165) is 35.9 Å². The van der Waals surface area contributed by atoms with E-state index in [1.165, 1.54) is 0 Å². The Kier molecular flexibility index (Phi) is 3.85. The zero-order chi connectivity index (χ0) is 14.9. The summed E-state index contributed by atoms with van der Waals surface area (Å²) in [4.78, 5) is 4.49. The second kappa shape index (κ2) is 5.64. The summed E-state index contributed by atoms with van der Waals surface area (Å²) in [5.41, 5.74) is 1.27. The maximum absolute atomic E-state index is 6.29. The van der Waals surface area contributed by atoms with Gasteiger partial charge in [0.25, 0.3) is 0 Å². The molecule has 0 saturated heterocycles. The summed E-state index contributed by atoms with van der Waals surface area (Å²) in [7, 11) is 2.05. The van der Waals surface area contributed by atoms with Crippen molar-refractivity contribution in [3.8, 4) is 5.75 Å². The monoisotopic (exact) mass is 284 g/mol. The molecule has 1 N–H and O–H groups in total. The molecule has 1 aromatic heterocycles. The molecule has 2 unspecified atom stereocenters. The van der Waals surface area contributed by atoms with Crippen molar-refractivity contribution in [1.82, 2.24) is 10.3 Å². The fourth-order valence-electron chi connectivity index (χ4n) is 3.80. The molecular weight excluding hydrogens is 260 g/mol. The summed E-state index contributed by atoms with van der Waals surface area (Å²) in [6.07, 6.45) is 5.49. The van der Waals surface area contributed by atoms with Crippen LogP contribution in [0, 0.1) is 5.41 Å². The Morgan fingerprint density at radius 3 is 2.76 bits per heavy atom. The van der Waals surface area contributed by atoms with E-state index in [-0.39, 0.29) is 11.5 Å². The first-order valence-corrected chi connectivity index (χ1v) is 7.92. The highest BCUT2D eigenvalue weighted by molar-refractivity contribution is 5.79. The van der Waals surface area contributed by atoms with Crippen LogP contribution in [-0.4, -0.2) is 24.2 Å². The molecule has 3 rings (SSSR count). The van der Waals surface area contributed by atoms with E-state index in [2.05, 4.69) is 43.3 Å². The summed E-state index contributed by atoms with van der Waals surface area (Å²) in [5, 5.41) is 4.58. The lowest BCUT2D eigenvalue weighted by Crippen LogP contribution is -2.63. The van der Waals surface area contributed by atoms with Gasteiger partial charge in [-0.25, -0.2) is 0 Å².